The fourth-order valence-electron chi connectivity index (χ4n) is 4.25. The van der Waals surface area contributed by atoms with E-state index < -0.39 is 29.4 Å². The Morgan fingerprint density at radius 3 is 2.53 bits per heavy atom. The lowest BCUT2D eigenvalue weighted by atomic mass is 10.1. The Kier molecular flexibility index (Phi) is 6.22. The van der Waals surface area contributed by atoms with Gasteiger partial charge in [-0.05, 0) is 43.5 Å². The molecule has 10 heteroatoms. The van der Waals surface area contributed by atoms with Crippen molar-refractivity contribution in [1.82, 2.24) is 19.3 Å². The fraction of sp³-hybridized carbons (Fsp3) is 0.409. The van der Waals surface area contributed by atoms with Crippen molar-refractivity contribution in [2.24, 2.45) is 0 Å². The summed E-state index contributed by atoms with van der Waals surface area (Å²) in [5.41, 5.74) is 3.86. The van der Waals surface area contributed by atoms with Gasteiger partial charge in [0, 0.05) is 18.4 Å². The van der Waals surface area contributed by atoms with Gasteiger partial charge >= 0.3 is 0 Å². The smallest absolute Gasteiger partial charge is 0.242 e. The summed E-state index contributed by atoms with van der Waals surface area (Å²) in [4.78, 5) is 8.61. The Hall–Kier alpha value is -2.90. The first-order chi connectivity index (χ1) is 15.4. The number of sulfonamides is 1. The number of hydrogen-bond acceptors (Lipinski definition) is 5. The number of rotatable bonds is 7. The zero-order chi connectivity index (χ0) is 22.9. The molecule has 3 aromatic heterocycles. The maximum Gasteiger partial charge on any atom is 0.242 e. The number of aryl methyl sites for hydroxylation is 1. The van der Waals surface area contributed by atoms with E-state index in [-0.39, 0.29) is 10.9 Å². The molecule has 0 aliphatic heterocycles. The summed E-state index contributed by atoms with van der Waals surface area (Å²) in [5.74, 6) is 0. The number of halogens is 2. The van der Waals surface area contributed by atoms with Crippen LogP contribution in [0.15, 0.2) is 35.5 Å². The van der Waals surface area contributed by atoms with Gasteiger partial charge in [-0.25, -0.2) is 21.9 Å². The van der Waals surface area contributed by atoms with Gasteiger partial charge < -0.3 is 4.57 Å². The van der Waals surface area contributed by atoms with Crippen LogP contribution in [0.25, 0.3) is 22.4 Å². The number of alkyl halides is 2. The van der Waals surface area contributed by atoms with Crippen molar-refractivity contribution in [1.29, 1.82) is 5.26 Å². The minimum Gasteiger partial charge on any atom is -0.334 e. The van der Waals surface area contributed by atoms with E-state index in [1.165, 1.54) is 12.1 Å². The molecule has 1 fully saturated rings. The standard InChI is InChI=1S/C22H23F2N5O2S/c1-14-8-20-21(27-12-14)18(11-25)22(29(20)16-4-2-3-5-16)19-7-6-17(13-26-19)32(30,31)28-15(9-23)10-24/h6-8,12-13,15-16,28H,2-5,9-10H2,1H3. The van der Waals surface area contributed by atoms with Gasteiger partial charge in [-0.3, -0.25) is 9.97 Å². The summed E-state index contributed by atoms with van der Waals surface area (Å²) in [5, 5.41) is 9.93. The normalized spacial score (nSPS) is 15.0. The Bertz CT molecular complexity index is 1270. The Morgan fingerprint density at radius 2 is 1.94 bits per heavy atom. The Morgan fingerprint density at radius 1 is 1.22 bits per heavy atom. The van der Waals surface area contributed by atoms with Gasteiger partial charge in [0.25, 0.3) is 0 Å². The van der Waals surface area contributed by atoms with Crippen molar-refractivity contribution < 1.29 is 17.2 Å². The van der Waals surface area contributed by atoms with Crippen molar-refractivity contribution in [3.05, 3.63) is 41.7 Å². The molecule has 0 bridgehead atoms. The van der Waals surface area contributed by atoms with Crippen LogP contribution in [0.1, 0.15) is 42.9 Å². The van der Waals surface area contributed by atoms with E-state index in [2.05, 4.69) is 20.6 Å². The van der Waals surface area contributed by atoms with Crippen LogP contribution in [-0.2, 0) is 10.0 Å². The fourth-order valence-corrected chi connectivity index (χ4v) is 5.39. The van der Waals surface area contributed by atoms with Crippen LogP contribution in [0.2, 0.25) is 0 Å². The highest BCUT2D eigenvalue weighted by Crippen LogP contribution is 2.40. The molecule has 32 heavy (non-hydrogen) atoms. The van der Waals surface area contributed by atoms with Gasteiger partial charge in [-0.15, -0.1) is 0 Å². The van der Waals surface area contributed by atoms with Crippen LogP contribution in [0.5, 0.6) is 0 Å². The van der Waals surface area contributed by atoms with Crippen LogP contribution < -0.4 is 4.72 Å². The first kappa shape index (κ1) is 22.3. The van der Waals surface area contributed by atoms with Crippen LogP contribution in [0.4, 0.5) is 8.78 Å². The highest BCUT2D eigenvalue weighted by Gasteiger charge is 2.28. The second kappa shape index (κ2) is 8.92. The van der Waals surface area contributed by atoms with Gasteiger partial charge in [0.2, 0.25) is 10.0 Å². The molecule has 3 heterocycles. The van der Waals surface area contributed by atoms with E-state index in [0.717, 1.165) is 43.0 Å². The molecule has 3 aromatic rings. The van der Waals surface area contributed by atoms with E-state index in [0.29, 0.717) is 22.5 Å². The molecule has 0 unspecified atom stereocenters. The van der Waals surface area contributed by atoms with E-state index in [1.807, 2.05) is 17.7 Å². The molecule has 0 saturated heterocycles. The quantitative estimate of drug-likeness (QED) is 0.576. The predicted molar refractivity (Wildman–Crippen MR) is 116 cm³/mol. The van der Waals surface area contributed by atoms with E-state index in [1.54, 1.807) is 6.20 Å². The second-order valence-electron chi connectivity index (χ2n) is 8.03. The van der Waals surface area contributed by atoms with E-state index in [4.69, 9.17) is 0 Å². The third kappa shape index (κ3) is 3.98. The number of hydrogen-bond donors (Lipinski definition) is 1. The average Bonchev–Trinajstić information content (AvgIpc) is 3.42. The number of nitrogens with zero attached hydrogens (tertiary/aromatic N) is 4. The number of fused-ring (bicyclic) bond motifs is 1. The third-order valence-corrected chi connectivity index (χ3v) is 7.27. The molecule has 4 rings (SSSR count). The molecule has 0 radical (unpaired) electrons. The summed E-state index contributed by atoms with van der Waals surface area (Å²) in [6, 6.07) is 5.85. The average molecular weight is 460 g/mol. The van der Waals surface area contributed by atoms with Crippen molar-refractivity contribution in [3.8, 4) is 17.5 Å². The maximum absolute atomic E-state index is 12.8. The highest BCUT2D eigenvalue weighted by atomic mass is 32.2. The van der Waals surface area contributed by atoms with E-state index >= 15 is 0 Å². The minimum absolute atomic E-state index is 0.194. The summed E-state index contributed by atoms with van der Waals surface area (Å²) in [7, 11) is -4.13. The highest BCUT2D eigenvalue weighted by molar-refractivity contribution is 7.89. The Balaban J connectivity index is 1.83. The molecule has 1 aliphatic rings. The largest absolute Gasteiger partial charge is 0.334 e. The number of pyridine rings is 2. The topological polar surface area (TPSA) is 101 Å². The minimum atomic E-state index is -4.13. The molecule has 168 valence electrons. The lowest BCUT2D eigenvalue weighted by Gasteiger charge is -2.18. The monoisotopic (exact) mass is 459 g/mol. The lowest BCUT2D eigenvalue weighted by Crippen LogP contribution is -2.37. The van der Waals surface area contributed by atoms with Crippen LogP contribution in [0.3, 0.4) is 0 Å². The molecular weight excluding hydrogens is 436 g/mol. The number of nitriles is 1. The molecular formula is C22H23F2N5O2S. The summed E-state index contributed by atoms with van der Waals surface area (Å²) >= 11 is 0. The van der Waals surface area contributed by atoms with Crippen molar-refractivity contribution in [2.45, 2.75) is 49.6 Å². The zero-order valence-corrected chi connectivity index (χ0v) is 18.4. The maximum atomic E-state index is 12.8. The summed E-state index contributed by atoms with van der Waals surface area (Å²) in [6.07, 6.45) is 6.98. The zero-order valence-electron chi connectivity index (χ0n) is 17.6. The SMILES string of the molecule is Cc1cnc2c(C#N)c(-c3ccc(S(=O)(=O)NC(CF)CF)cn3)n(C3CCCC3)c2c1. The Labute approximate surface area is 185 Å². The first-order valence-corrected chi connectivity index (χ1v) is 11.9. The molecule has 1 N–H and O–H groups in total. The van der Waals surface area contributed by atoms with Gasteiger partial charge in [0.15, 0.2) is 0 Å². The number of nitrogens with one attached hydrogen (secondary N) is 1. The van der Waals surface area contributed by atoms with Crippen molar-refractivity contribution >= 4 is 21.1 Å². The third-order valence-electron chi connectivity index (χ3n) is 5.76. The molecule has 1 saturated carbocycles. The van der Waals surface area contributed by atoms with Gasteiger partial charge in [-0.2, -0.15) is 5.26 Å². The van der Waals surface area contributed by atoms with Gasteiger partial charge in [0.1, 0.15) is 35.4 Å². The van der Waals surface area contributed by atoms with Crippen LogP contribution >= 0.6 is 0 Å². The van der Waals surface area contributed by atoms with Crippen LogP contribution in [-0.4, -0.2) is 42.3 Å². The summed E-state index contributed by atoms with van der Waals surface area (Å²) in [6.45, 7) is -0.363. The molecule has 0 aromatic carbocycles. The number of aromatic nitrogens is 3. The molecule has 0 atom stereocenters. The molecule has 0 spiro atoms. The lowest BCUT2D eigenvalue weighted by molar-refractivity contribution is 0.334. The predicted octanol–water partition coefficient (Wildman–Crippen LogP) is 3.98. The van der Waals surface area contributed by atoms with Gasteiger partial charge in [-0.1, -0.05) is 12.8 Å². The summed E-state index contributed by atoms with van der Waals surface area (Å²) < 4.78 is 54.5. The molecule has 7 nitrogen and oxygen atoms in total. The van der Waals surface area contributed by atoms with Crippen molar-refractivity contribution in [2.75, 3.05) is 13.3 Å². The molecule has 0 amide bonds. The second-order valence-corrected chi connectivity index (χ2v) is 9.74. The van der Waals surface area contributed by atoms with Crippen LogP contribution in [0, 0.1) is 18.3 Å². The van der Waals surface area contributed by atoms with Crippen molar-refractivity contribution in [3.63, 3.8) is 0 Å². The first-order valence-electron chi connectivity index (χ1n) is 10.4. The van der Waals surface area contributed by atoms with Gasteiger partial charge in [0.05, 0.1) is 22.9 Å². The van der Waals surface area contributed by atoms with E-state index in [9.17, 15) is 22.5 Å². The molecule has 1 aliphatic carbocycles.